The first-order valence-electron chi connectivity index (χ1n) is 6.28. The number of nitrogens with two attached hydrogens (primary N) is 1. The molecule has 3 N–H and O–H groups in total. The molecule has 6 nitrogen and oxygen atoms in total. The van der Waals surface area contributed by atoms with Crippen molar-refractivity contribution >= 4 is 11.5 Å². The molecule has 0 unspecified atom stereocenters. The molecule has 0 aromatic carbocycles. The molecule has 0 saturated heterocycles. The van der Waals surface area contributed by atoms with E-state index in [0.29, 0.717) is 24.8 Å². The first kappa shape index (κ1) is 15.1. The van der Waals surface area contributed by atoms with Crippen LogP contribution in [0.3, 0.4) is 0 Å². The largest absolute Gasteiger partial charge is 0.481 e. The lowest BCUT2D eigenvalue weighted by Gasteiger charge is -2.26. The number of ether oxygens (including phenoxy) is 1. The molecule has 0 fully saturated rings. The zero-order chi connectivity index (χ0) is 14.3. The van der Waals surface area contributed by atoms with Gasteiger partial charge in [-0.15, -0.1) is 0 Å². The molecule has 1 aromatic rings. The van der Waals surface area contributed by atoms with Gasteiger partial charge >= 0.3 is 0 Å². The molecule has 0 aliphatic rings. The van der Waals surface area contributed by atoms with E-state index in [2.05, 4.69) is 28.9 Å². The van der Waals surface area contributed by atoms with Crippen molar-refractivity contribution in [3.05, 3.63) is 18.3 Å². The molecule has 0 atom stereocenters. The van der Waals surface area contributed by atoms with Crippen molar-refractivity contribution in [1.29, 1.82) is 0 Å². The lowest BCUT2D eigenvalue weighted by Crippen LogP contribution is -2.31. The molecule has 19 heavy (non-hydrogen) atoms. The van der Waals surface area contributed by atoms with Crippen LogP contribution in [-0.4, -0.2) is 36.2 Å². The predicted octanol–water partition coefficient (Wildman–Crippen LogP) is 1.69. The van der Waals surface area contributed by atoms with E-state index in [9.17, 15) is 0 Å². The number of nitrogens with zero attached hydrogens (tertiary/aromatic N) is 3. The highest BCUT2D eigenvalue weighted by Gasteiger charge is 2.10. The van der Waals surface area contributed by atoms with Gasteiger partial charge in [0.15, 0.2) is 0 Å². The number of aromatic nitrogens is 1. The van der Waals surface area contributed by atoms with Gasteiger partial charge in [0, 0.05) is 37.5 Å². The molecular formula is C13H22N4O2. The highest BCUT2D eigenvalue weighted by atomic mass is 16.5. The minimum absolute atomic E-state index is 0.231. The maximum atomic E-state index is 8.60. The monoisotopic (exact) mass is 266 g/mol. The fourth-order valence-corrected chi connectivity index (χ4v) is 1.77. The fourth-order valence-electron chi connectivity index (χ4n) is 1.77. The van der Waals surface area contributed by atoms with Gasteiger partial charge in [0.1, 0.15) is 5.84 Å². The molecule has 1 aromatic heterocycles. The summed E-state index contributed by atoms with van der Waals surface area (Å²) in [5.41, 5.74) is 6.54. The van der Waals surface area contributed by atoms with Crippen LogP contribution >= 0.6 is 0 Å². The van der Waals surface area contributed by atoms with Crippen molar-refractivity contribution < 1.29 is 9.94 Å². The van der Waals surface area contributed by atoms with Crippen LogP contribution in [0.1, 0.15) is 20.3 Å². The number of methoxy groups -OCH3 is 1. The summed E-state index contributed by atoms with van der Waals surface area (Å²) in [5, 5.41) is 11.6. The third-order valence-electron chi connectivity index (χ3n) is 2.64. The van der Waals surface area contributed by atoms with Crippen LogP contribution in [-0.2, 0) is 0 Å². The summed E-state index contributed by atoms with van der Waals surface area (Å²) in [6.45, 7) is 5.86. The van der Waals surface area contributed by atoms with Crippen molar-refractivity contribution in [3.8, 4) is 5.88 Å². The Kier molecular flexibility index (Phi) is 5.92. The van der Waals surface area contributed by atoms with E-state index in [0.717, 1.165) is 12.2 Å². The van der Waals surface area contributed by atoms with Gasteiger partial charge in [-0.1, -0.05) is 19.0 Å². The maximum absolute atomic E-state index is 8.60. The second-order valence-corrected chi connectivity index (χ2v) is 4.74. The Morgan fingerprint density at radius 3 is 2.89 bits per heavy atom. The number of anilines is 1. The van der Waals surface area contributed by atoms with E-state index in [-0.39, 0.29) is 5.84 Å². The number of pyridine rings is 1. The first-order valence-corrected chi connectivity index (χ1v) is 6.28. The van der Waals surface area contributed by atoms with Crippen LogP contribution in [0.2, 0.25) is 0 Å². The molecule has 0 bridgehead atoms. The molecule has 0 spiro atoms. The van der Waals surface area contributed by atoms with E-state index in [1.807, 2.05) is 12.1 Å². The normalized spacial score (nSPS) is 11.7. The quantitative estimate of drug-likeness (QED) is 0.339. The summed E-state index contributed by atoms with van der Waals surface area (Å²) in [6, 6.07) is 3.81. The Labute approximate surface area is 113 Å². The number of rotatable bonds is 7. The SMILES string of the molecule is COc1cc(N(CC/C(N)=N/O)CC(C)C)ccn1. The molecule has 106 valence electrons. The molecule has 0 aliphatic heterocycles. The number of hydrogen-bond acceptors (Lipinski definition) is 5. The van der Waals surface area contributed by atoms with Crippen LogP contribution in [0.15, 0.2) is 23.5 Å². The Morgan fingerprint density at radius 2 is 2.32 bits per heavy atom. The van der Waals surface area contributed by atoms with Gasteiger partial charge in [-0.3, -0.25) is 0 Å². The van der Waals surface area contributed by atoms with Crippen LogP contribution in [0.25, 0.3) is 0 Å². The van der Waals surface area contributed by atoms with E-state index in [4.69, 9.17) is 15.7 Å². The summed E-state index contributed by atoms with van der Waals surface area (Å²) >= 11 is 0. The van der Waals surface area contributed by atoms with Crippen molar-refractivity contribution in [2.75, 3.05) is 25.1 Å². The predicted molar refractivity (Wildman–Crippen MR) is 75.9 cm³/mol. The van der Waals surface area contributed by atoms with Crippen LogP contribution in [0.5, 0.6) is 5.88 Å². The number of amidine groups is 1. The van der Waals surface area contributed by atoms with E-state index in [1.54, 1.807) is 13.3 Å². The Balaban J connectivity index is 2.82. The Morgan fingerprint density at radius 1 is 1.58 bits per heavy atom. The Bertz CT molecular complexity index is 421. The van der Waals surface area contributed by atoms with Crippen molar-refractivity contribution in [1.82, 2.24) is 4.98 Å². The van der Waals surface area contributed by atoms with Crippen molar-refractivity contribution in [2.24, 2.45) is 16.8 Å². The summed E-state index contributed by atoms with van der Waals surface area (Å²) < 4.78 is 5.13. The standard InChI is InChI=1S/C13H22N4O2/c1-10(2)9-17(7-5-12(14)16-18)11-4-6-15-13(8-11)19-3/h4,6,8,10,18H,5,7,9H2,1-3H3,(H2,14,16). The summed E-state index contributed by atoms with van der Waals surface area (Å²) in [6.07, 6.45) is 2.22. The summed E-state index contributed by atoms with van der Waals surface area (Å²) in [7, 11) is 1.59. The third-order valence-corrected chi connectivity index (χ3v) is 2.64. The second-order valence-electron chi connectivity index (χ2n) is 4.74. The topological polar surface area (TPSA) is 84.0 Å². The summed E-state index contributed by atoms with van der Waals surface area (Å²) in [5.74, 6) is 1.32. The highest BCUT2D eigenvalue weighted by molar-refractivity contribution is 5.80. The fraction of sp³-hybridized carbons (Fsp3) is 0.538. The molecule has 0 saturated carbocycles. The van der Waals surface area contributed by atoms with Crippen LogP contribution in [0, 0.1) is 5.92 Å². The lowest BCUT2D eigenvalue weighted by atomic mass is 10.2. The molecule has 0 amide bonds. The molecule has 1 heterocycles. The minimum atomic E-state index is 0.231. The molecule has 6 heteroatoms. The molecule has 1 rings (SSSR count). The molecular weight excluding hydrogens is 244 g/mol. The average Bonchev–Trinajstić information content (AvgIpc) is 2.42. The van der Waals surface area contributed by atoms with Crippen molar-refractivity contribution in [3.63, 3.8) is 0 Å². The van der Waals surface area contributed by atoms with Gasteiger partial charge in [-0.2, -0.15) is 0 Å². The zero-order valence-electron chi connectivity index (χ0n) is 11.7. The van der Waals surface area contributed by atoms with Crippen molar-refractivity contribution in [2.45, 2.75) is 20.3 Å². The van der Waals surface area contributed by atoms with E-state index >= 15 is 0 Å². The molecule has 0 aliphatic carbocycles. The number of hydrogen-bond donors (Lipinski definition) is 2. The first-order chi connectivity index (χ1) is 9.06. The lowest BCUT2D eigenvalue weighted by molar-refractivity contribution is 0.317. The van der Waals surface area contributed by atoms with Crippen LogP contribution < -0.4 is 15.4 Å². The van der Waals surface area contributed by atoms with E-state index < -0.39 is 0 Å². The van der Waals surface area contributed by atoms with Gasteiger partial charge in [-0.05, 0) is 12.0 Å². The summed E-state index contributed by atoms with van der Waals surface area (Å²) in [4.78, 5) is 6.27. The Hall–Kier alpha value is -1.98. The minimum Gasteiger partial charge on any atom is -0.481 e. The third kappa shape index (κ3) is 5.03. The van der Waals surface area contributed by atoms with E-state index in [1.165, 1.54) is 0 Å². The van der Waals surface area contributed by atoms with Gasteiger partial charge in [0.2, 0.25) is 5.88 Å². The van der Waals surface area contributed by atoms with Crippen LogP contribution in [0.4, 0.5) is 5.69 Å². The van der Waals surface area contributed by atoms with Gasteiger partial charge in [-0.25, -0.2) is 4.98 Å². The zero-order valence-corrected chi connectivity index (χ0v) is 11.7. The average molecular weight is 266 g/mol. The second kappa shape index (κ2) is 7.45. The molecule has 0 radical (unpaired) electrons. The van der Waals surface area contributed by atoms with Gasteiger partial charge in [0.25, 0.3) is 0 Å². The van der Waals surface area contributed by atoms with Gasteiger partial charge < -0.3 is 20.6 Å². The number of oxime groups is 1. The highest BCUT2D eigenvalue weighted by Crippen LogP contribution is 2.20. The van der Waals surface area contributed by atoms with Gasteiger partial charge in [0.05, 0.1) is 7.11 Å². The smallest absolute Gasteiger partial charge is 0.214 e. The maximum Gasteiger partial charge on any atom is 0.214 e.